The highest BCUT2D eigenvalue weighted by molar-refractivity contribution is 5.83. The number of likely N-dealkylation sites (N-methyl/N-ethyl adjacent to an activating group) is 1. The lowest BCUT2D eigenvalue weighted by molar-refractivity contribution is -0.126. The maximum atomic E-state index is 12.5. The lowest BCUT2D eigenvalue weighted by atomic mass is 10.1. The Hall–Kier alpha value is -2.66. The fourth-order valence-electron chi connectivity index (χ4n) is 3.25. The molecule has 1 aliphatic rings. The Balaban J connectivity index is 1.68. The van der Waals surface area contributed by atoms with Gasteiger partial charge in [-0.25, -0.2) is 0 Å². The summed E-state index contributed by atoms with van der Waals surface area (Å²) in [7, 11) is 1.78. The van der Waals surface area contributed by atoms with Gasteiger partial charge in [0.15, 0.2) is 0 Å². The zero-order valence-corrected chi connectivity index (χ0v) is 14.6. The van der Waals surface area contributed by atoms with Gasteiger partial charge in [0.1, 0.15) is 6.17 Å². The van der Waals surface area contributed by atoms with Crippen molar-refractivity contribution >= 4 is 11.8 Å². The predicted molar refractivity (Wildman–Crippen MR) is 96.5 cm³/mol. The molecule has 2 atom stereocenters. The van der Waals surface area contributed by atoms with Crippen molar-refractivity contribution in [3.63, 3.8) is 0 Å². The molecule has 130 valence electrons. The van der Waals surface area contributed by atoms with Crippen LogP contribution in [0.4, 0.5) is 0 Å². The fraction of sp³-hybridized carbons (Fsp3) is 0.300. The van der Waals surface area contributed by atoms with Crippen LogP contribution in [0.2, 0.25) is 0 Å². The van der Waals surface area contributed by atoms with Crippen molar-refractivity contribution in [3.8, 4) is 0 Å². The van der Waals surface area contributed by atoms with Crippen molar-refractivity contribution < 1.29 is 9.59 Å². The van der Waals surface area contributed by atoms with Crippen LogP contribution in [0.25, 0.3) is 0 Å². The Morgan fingerprint density at radius 3 is 2.36 bits per heavy atom. The first-order valence-corrected chi connectivity index (χ1v) is 8.45. The maximum absolute atomic E-state index is 12.5. The molecule has 2 amide bonds. The summed E-state index contributed by atoms with van der Waals surface area (Å²) < 4.78 is 0. The molecule has 1 aliphatic heterocycles. The minimum Gasteiger partial charge on any atom is -0.348 e. The second-order valence-corrected chi connectivity index (χ2v) is 6.39. The standard InChI is InChI=1S/C20H23N3O2/c1-15(16-9-5-3-6-10-16)21-18(24)13-23-14-19(25)22(2)20(23)17-11-7-4-8-12-17/h3-12,15,20H,13-14H2,1-2H3,(H,21,24)/t15-,20-/m1/s1. The third-order valence-corrected chi connectivity index (χ3v) is 4.57. The van der Waals surface area contributed by atoms with Crippen LogP contribution >= 0.6 is 0 Å². The molecule has 1 N–H and O–H groups in total. The van der Waals surface area contributed by atoms with Gasteiger partial charge in [0.05, 0.1) is 19.1 Å². The van der Waals surface area contributed by atoms with Gasteiger partial charge in [-0.15, -0.1) is 0 Å². The predicted octanol–water partition coefficient (Wildman–Crippen LogP) is 2.34. The van der Waals surface area contributed by atoms with E-state index in [1.807, 2.05) is 72.5 Å². The van der Waals surface area contributed by atoms with Crippen molar-refractivity contribution in [2.45, 2.75) is 19.1 Å². The lowest BCUT2D eigenvalue weighted by Gasteiger charge is -2.28. The average Bonchev–Trinajstić information content (AvgIpc) is 2.90. The highest BCUT2D eigenvalue weighted by atomic mass is 16.2. The molecule has 0 unspecified atom stereocenters. The fourth-order valence-corrected chi connectivity index (χ4v) is 3.25. The van der Waals surface area contributed by atoms with Crippen molar-refractivity contribution in [1.29, 1.82) is 0 Å². The zero-order valence-electron chi connectivity index (χ0n) is 14.6. The Morgan fingerprint density at radius 2 is 1.72 bits per heavy atom. The zero-order chi connectivity index (χ0) is 17.8. The van der Waals surface area contributed by atoms with Crippen molar-refractivity contribution in [3.05, 3.63) is 71.8 Å². The Labute approximate surface area is 148 Å². The quantitative estimate of drug-likeness (QED) is 0.911. The minimum absolute atomic E-state index is 0.0257. The molecule has 0 saturated carbocycles. The summed E-state index contributed by atoms with van der Waals surface area (Å²) in [6.45, 7) is 2.40. The number of nitrogens with one attached hydrogen (secondary N) is 1. The average molecular weight is 337 g/mol. The maximum Gasteiger partial charge on any atom is 0.238 e. The molecule has 0 radical (unpaired) electrons. The Bertz CT molecular complexity index is 733. The van der Waals surface area contributed by atoms with E-state index in [1.54, 1.807) is 11.9 Å². The second-order valence-electron chi connectivity index (χ2n) is 6.39. The Morgan fingerprint density at radius 1 is 1.12 bits per heavy atom. The molecule has 1 heterocycles. The number of hydrogen-bond acceptors (Lipinski definition) is 3. The second kappa shape index (κ2) is 7.49. The molecule has 1 fully saturated rings. The van der Waals surface area contributed by atoms with Crippen molar-refractivity contribution in [1.82, 2.24) is 15.1 Å². The van der Waals surface area contributed by atoms with Crippen LogP contribution in [-0.4, -0.2) is 41.8 Å². The highest BCUT2D eigenvalue weighted by Gasteiger charge is 2.37. The molecule has 5 nitrogen and oxygen atoms in total. The van der Waals surface area contributed by atoms with Crippen LogP contribution in [0.15, 0.2) is 60.7 Å². The van der Waals surface area contributed by atoms with Gasteiger partial charge in [0.2, 0.25) is 11.8 Å². The number of hydrogen-bond donors (Lipinski definition) is 1. The normalized spacial score (nSPS) is 19.0. The summed E-state index contributed by atoms with van der Waals surface area (Å²) in [5, 5.41) is 3.01. The number of rotatable bonds is 5. The first kappa shape index (κ1) is 17.2. The van der Waals surface area contributed by atoms with E-state index < -0.39 is 0 Å². The van der Waals surface area contributed by atoms with Gasteiger partial charge in [0.25, 0.3) is 0 Å². The third-order valence-electron chi connectivity index (χ3n) is 4.57. The Kier molecular flexibility index (Phi) is 5.14. The molecule has 1 saturated heterocycles. The lowest BCUT2D eigenvalue weighted by Crippen LogP contribution is -2.39. The van der Waals surface area contributed by atoms with E-state index in [9.17, 15) is 9.59 Å². The van der Waals surface area contributed by atoms with Gasteiger partial charge in [-0.2, -0.15) is 0 Å². The van der Waals surface area contributed by atoms with Crippen LogP contribution in [0.1, 0.15) is 30.3 Å². The number of nitrogens with zero attached hydrogens (tertiary/aromatic N) is 2. The van der Waals surface area contributed by atoms with Crippen molar-refractivity contribution in [2.75, 3.05) is 20.1 Å². The van der Waals surface area contributed by atoms with Gasteiger partial charge < -0.3 is 10.2 Å². The monoisotopic (exact) mass is 337 g/mol. The summed E-state index contributed by atoms with van der Waals surface area (Å²) in [6.07, 6.45) is -0.202. The molecule has 0 aliphatic carbocycles. The first-order chi connectivity index (χ1) is 12.1. The summed E-state index contributed by atoms with van der Waals surface area (Å²) >= 11 is 0. The molecule has 25 heavy (non-hydrogen) atoms. The van der Waals surface area contributed by atoms with Gasteiger partial charge in [-0.1, -0.05) is 60.7 Å². The van der Waals surface area contributed by atoms with Gasteiger partial charge in [-0.05, 0) is 18.1 Å². The van der Waals surface area contributed by atoms with E-state index >= 15 is 0 Å². The van der Waals surface area contributed by atoms with Crippen LogP contribution in [0, 0.1) is 0 Å². The number of benzene rings is 2. The molecule has 2 aromatic rings. The smallest absolute Gasteiger partial charge is 0.238 e. The van der Waals surface area contributed by atoms with E-state index in [0.29, 0.717) is 0 Å². The van der Waals surface area contributed by atoms with Crippen LogP contribution in [0.3, 0.4) is 0 Å². The summed E-state index contributed by atoms with van der Waals surface area (Å²) in [6, 6.07) is 19.6. The molecular weight excluding hydrogens is 314 g/mol. The minimum atomic E-state index is -0.202. The van der Waals surface area contributed by atoms with E-state index in [2.05, 4.69) is 5.32 Å². The molecule has 5 heteroatoms. The van der Waals surface area contributed by atoms with E-state index in [-0.39, 0.29) is 37.1 Å². The van der Waals surface area contributed by atoms with Crippen LogP contribution < -0.4 is 5.32 Å². The molecule has 0 bridgehead atoms. The summed E-state index contributed by atoms with van der Waals surface area (Å²) in [4.78, 5) is 28.2. The van der Waals surface area contributed by atoms with E-state index in [1.165, 1.54) is 0 Å². The van der Waals surface area contributed by atoms with Crippen LogP contribution in [0.5, 0.6) is 0 Å². The number of amides is 2. The highest BCUT2D eigenvalue weighted by Crippen LogP contribution is 2.28. The molecular formula is C20H23N3O2. The first-order valence-electron chi connectivity index (χ1n) is 8.45. The topological polar surface area (TPSA) is 52.7 Å². The largest absolute Gasteiger partial charge is 0.348 e. The van der Waals surface area contributed by atoms with Gasteiger partial charge in [0, 0.05) is 7.05 Å². The molecule has 0 aromatic heterocycles. The molecule has 2 aromatic carbocycles. The van der Waals surface area contributed by atoms with Gasteiger partial charge >= 0.3 is 0 Å². The van der Waals surface area contributed by atoms with E-state index in [0.717, 1.165) is 11.1 Å². The summed E-state index contributed by atoms with van der Waals surface area (Å²) in [5.41, 5.74) is 2.07. The molecule has 0 spiro atoms. The molecule has 3 rings (SSSR count). The van der Waals surface area contributed by atoms with Gasteiger partial charge in [-0.3, -0.25) is 14.5 Å². The van der Waals surface area contributed by atoms with Crippen LogP contribution in [-0.2, 0) is 9.59 Å². The number of carbonyl (C=O) groups is 2. The third kappa shape index (κ3) is 3.88. The van der Waals surface area contributed by atoms with E-state index in [4.69, 9.17) is 0 Å². The van der Waals surface area contributed by atoms with Crippen molar-refractivity contribution in [2.24, 2.45) is 0 Å². The number of carbonyl (C=O) groups excluding carboxylic acids is 2. The SMILES string of the molecule is C[C@@H](NC(=O)CN1CC(=O)N(C)[C@H]1c1ccccc1)c1ccccc1. The summed E-state index contributed by atoms with van der Waals surface area (Å²) in [5.74, 6) is -0.0573.